The molecule has 43 heavy (non-hydrogen) atoms. The van der Waals surface area contributed by atoms with Gasteiger partial charge in [0.05, 0.1) is 0 Å². The molecule has 212 valence electrons. The van der Waals surface area contributed by atoms with E-state index in [-0.39, 0.29) is 0 Å². The Morgan fingerprint density at radius 2 is 1.26 bits per heavy atom. The second-order valence-electron chi connectivity index (χ2n) is 11.8. The minimum Gasteiger partial charge on any atom is -0.0836 e. The first-order chi connectivity index (χ1) is 21.1. The Balaban J connectivity index is 0.000000415. The van der Waals surface area contributed by atoms with E-state index >= 15 is 0 Å². The van der Waals surface area contributed by atoms with Crippen molar-refractivity contribution in [2.45, 2.75) is 46.5 Å². The van der Waals surface area contributed by atoms with Crippen LogP contribution in [0.1, 0.15) is 57.3 Å². The zero-order valence-electron chi connectivity index (χ0n) is 25.6. The Hall–Kier alpha value is -4.68. The first-order valence-corrected chi connectivity index (χ1v) is 15.5. The van der Waals surface area contributed by atoms with Crippen molar-refractivity contribution >= 4 is 11.1 Å². The maximum absolute atomic E-state index is 2.43. The standard InChI is InChI=1S/C36H32.C7H8/c1-25-17-19-27(20-18-25)23-30-21-22-32-34(36(30)31-16-10-9-11-26(31)2)24-33(28-12-5-3-6-13-28)35(32)29-14-7-4-8-15-29;1-7-5-3-2-4-6-7/h3,5-7,9-22H,4,8,23-24H2,1-2H3;2-6H,1H3. The molecular formula is C43H40. The monoisotopic (exact) mass is 556 g/mol. The summed E-state index contributed by atoms with van der Waals surface area (Å²) < 4.78 is 0. The molecule has 0 fully saturated rings. The number of hydrogen-bond acceptors (Lipinski definition) is 0. The summed E-state index contributed by atoms with van der Waals surface area (Å²) in [7, 11) is 0. The highest BCUT2D eigenvalue weighted by Gasteiger charge is 2.29. The Bertz CT molecular complexity index is 1800. The average Bonchev–Trinajstić information content (AvgIpc) is 3.44. The van der Waals surface area contributed by atoms with Crippen LogP contribution in [0.5, 0.6) is 0 Å². The maximum atomic E-state index is 2.43. The van der Waals surface area contributed by atoms with Crippen LogP contribution in [0.15, 0.2) is 145 Å². The van der Waals surface area contributed by atoms with Crippen molar-refractivity contribution in [1.82, 2.24) is 0 Å². The molecule has 5 aromatic carbocycles. The van der Waals surface area contributed by atoms with Crippen LogP contribution in [-0.4, -0.2) is 0 Å². The lowest BCUT2D eigenvalue weighted by Gasteiger charge is -2.19. The number of benzene rings is 5. The molecule has 0 aliphatic heterocycles. The van der Waals surface area contributed by atoms with Crippen LogP contribution in [0.2, 0.25) is 0 Å². The minimum absolute atomic E-state index is 0.940. The van der Waals surface area contributed by atoms with Crippen molar-refractivity contribution in [1.29, 1.82) is 0 Å². The maximum Gasteiger partial charge on any atom is -0.000101 e. The van der Waals surface area contributed by atoms with Crippen LogP contribution in [0, 0.1) is 20.8 Å². The minimum atomic E-state index is 0.940. The van der Waals surface area contributed by atoms with Crippen molar-refractivity contribution in [3.8, 4) is 11.1 Å². The van der Waals surface area contributed by atoms with Gasteiger partial charge in [-0.2, -0.15) is 0 Å². The molecule has 0 bridgehead atoms. The summed E-state index contributed by atoms with van der Waals surface area (Å²) >= 11 is 0. The predicted molar refractivity (Wildman–Crippen MR) is 185 cm³/mol. The highest BCUT2D eigenvalue weighted by Crippen LogP contribution is 2.48. The second kappa shape index (κ2) is 13.1. The summed E-state index contributed by atoms with van der Waals surface area (Å²) in [6.45, 7) is 6.49. The van der Waals surface area contributed by atoms with Crippen LogP contribution < -0.4 is 0 Å². The first-order valence-electron chi connectivity index (χ1n) is 15.5. The lowest BCUT2D eigenvalue weighted by molar-refractivity contribution is 1.03. The van der Waals surface area contributed by atoms with E-state index < -0.39 is 0 Å². The van der Waals surface area contributed by atoms with Crippen molar-refractivity contribution in [3.05, 3.63) is 190 Å². The van der Waals surface area contributed by atoms with Gasteiger partial charge in [-0.25, -0.2) is 0 Å². The summed E-state index contributed by atoms with van der Waals surface area (Å²) in [4.78, 5) is 0. The van der Waals surface area contributed by atoms with E-state index in [0.29, 0.717) is 0 Å². The molecule has 0 heterocycles. The smallest absolute Gasteiger partial charge is 0.000101 e. The van der Waals surface area contributed by atoms with Crippen molar-refractivity contribution in [2.24, 2.45) is 0 Å². The number of rotatable bonds is 5. The second-order valence-corrected chi connectivity index (χ2v) is 11.8. The van der Waals surface area contributed by atoms with Crippen LogP contribution in [-0.2, 0) is 12.8 Å². The van der Waals surface area contributed by atoms with Gasteiger partial charge in [0.15, 0.2) is 0 Å². The third-order valence-corrected chi connectivity index (χ3v) is 8.60. The van der Waals surface area contributed by atoms with E-state index in [1.807, 2.05) is 18.2 Å². The zero-order valence-corrected chi connectivity index (χ0v) is 25.6. The van der Waals surface area contributed by atoms with E-state index in [1.165, 1.54) is 72.4 Å². The van der Waals surface area contributed by atoms with Crippen LogP contribution in [0.3, 0.4) is 0 Å². The summed E-state index contributed by atoms with van der Waals surface area (Å²) in [5, 5.41) is 0. The van der Waals surface area contributed by atoms with Gasteiger partial charge in [-0.15, -0.1) is 0 Å². The molecule has 0 heteroatoms. The third-order valence-electron chi connectivity index (χ3n) is 8.60. The molecule has 0 atom stereocenters. The van der Waals surface area contributed by atoms with Gasteiger partial charge >= 0.3 is 0 Å². The van der Waals surface area contributed by atoms with Gasteiger partial charge in [-0.1, -0.05) is 151 Å². The van der Waals surface area contributed by atoms with E-state index in [4.69, 9.17) is 0 Å². The fourth-order valence-corrected chi connectivity index (χ4v) is 6.35. The largest absolute Gasteiger partial charge is 0.0836 e. The number of fused-ring (bicyclic) bond motifs is 1. The number of hydrogen-bond donors (Lipinski definition) is 0. The highest BCUT2D eigenvalue weighted by molar-refractivity contribution is 6.06. The van der Waals surface area contributed by atoms with Crippen molar-refractivity contribution in [2.75, 3.05) is 0 Å². The topological polar surface area (TPSA) is 0 Å². The Kier molecular flexibility index (Phi) is 8.66. The molecule has 7 rings (SSSR count). The lowest BCUT2D eigenvalue weighted by atomic mass is 9.85. The Labute approximate surface area is 257 Å². The predicted octanol–water partition coefficient (Wildman–Crippen LogP) is 11.3. The zero-order chi connectivity index (χ0) is 29.6. The molecule has 0 saturated heterocycles. The van der Waals surface area contributed by atoms with E-state index in [0.717, 1.165) is 25.7 Å². The fourth-order valence-electron chi connectivity index (χ4n) is 6.35. The fraction of sp³-hybridized carbons (Fsp3) is 0.163. The molecule has 0 spiro atoms. The molecule has 0 saturated carbocycles. The summed E-state index contributed by atoms with van der Waals surface area (Å²) in [6, 6.07) is 43.9. The van der Waals surface area contributed by atoms with Gasteiger partial charge in [0.2, 0.25) is 0 Å². The Morgan fingerprint density at radius 3 is 1.91 bits per heavy atom. The van der Waals surface area contributed by atoms with Crippen LogP contribution in [0.25, 0.3) is 22.3 Å². The van der Waals surface area contributed by atoms with Gasteiger partial charge in [0.25, 0.3) is 0 Å². The van der Waals surface area contributed by atoms with E-state index in [2.05, 4.69) is 142 Å². The number of allylic oxidation sites excluding steroid dienone is 6. The van der Waals surface area contributed by atoms with Gasteiger partial charge in [0.1, 0.15) is 0 Å². The third kappa shape index (κ3) is 6.40. The summed E-state index contributed by atoms with van der Waals surface area (Å²) in [5.74, 6) is 0. The van der Waals surface area contributed by atoms with Gasteiger partial charge in [-0.05, 0) is 108 Å². The molecule has 0 nitrogen and oxygen atoms in total. The Morgan fingerprint density at radius 1 is 0.581 bits per heavy atom. The van der Waals surface area contributed by atoms with Crippen molar-refractivity contribution in [3.63, 3.8) is 0 Å². The molecule has 0 aromatic heterocycles. The molecule has 0 N–H and O–H groups in total. The summed E-state index contributed by atoms with van der Waals surface area (Å²) in [5.41, 5.74) is 18.0. The molecule has 0 radical (unpaired) electrons. The molecule has 0 amide bonds. The molecule has 0 unspecified atom stereocenters. The van der Waals surface area contributed by atoms with Crippen LogP contribution >= 0.6 is 0 Å². The lowest BCUT2D eigenvalue weighted by Crippen LogP contribution is -2.00. The molecular weight excluding hydrogens is 516 g/mol. The van der Waals surface area contributed by atoms with Gasteiger partial charge in [0, 0.05) is 0 Å². The molecule has 2 aliphatic carbocycles. The molecule has 2 aliphatic rings. The SMILES string of the molecule is Cc1ccc(Cc2ccc3c(c2-c2ccccc2C)CC(c2ccccc2)=C3C2=CCCC=C2)cc1.Cc1ccccc1. The van der Waals surface area contributed by atoms with Crippen molar-refractivity contribution < 1.29 is 0 Å². The number of aryl methyl sites for hydroxylation is 3. The quantitative estimate of drug-likeness (QED) is 0.202. The normalized spacial score (nSPS) is 13.7. The van der Waals surface area contributed by atoms with Gasteiger partial charge < -0.3 is 0 Å². The highest BCUT2D eigenvalue weighted by atomic mass is 14.3. The molecule has 5 aromatic rings. The van der Waals surface area contributed by atoms with E-state index in [1.54, 1.807) is 0 Å². The first kappa shape index (κ1) is 28.4. The average molecular weight is 557 g/mol. The summed E-state index contributed by atoms with van der Waals surface area (Å²) in [6.07, 6.45) is 11.3. The van der Waals surface area contributed by atoms with E-state index in [9.17, 15) is 0 Å². The van der Waals surface area contributed by atoms with Crippen LogP contribution in [0.4, 0.5) is 0 Å². The van der Waals surface area contributed by atoms with Gasteiger partial charge in [-0.3, -0.25) is 0 Å².